The summed E-state index contributed by atoms with van der Waals surface area (Å²) in [5.74, 6) is -0.355. The first kappa shape index (κ1) is 25.6. The van der Waals surface area contributed by atoms with Gasteiger partial charge in [0.1, 0.15) is 5.69 Å². The zero-order valence-electron chi connectivity index (χ0n) is 20.3. The standard InChI is InChI=1S/C23H28FN7O4S/c1-15-9-18(11-20(26-15)23(32)25-12-16-6-7-19(24)21(10-16)35-2)22-27-29-31(28-22)14-17-5-4-8-30(13-17)36(3,33)34/h6-7,9-11,17H,4-5,8,12-14H2,1-3H3,(H,25,32)/t17-/m0/s1. The summed E-state index contributed by atoms with van der Waals surface area (Å²) >= 11 is 0. The van der Waals surface area contributed by atoms with E-state index in [4.69, 9.17) is 4.74 Å². The summed E-state index contributed by atoms with van der Waals surface area (Å²) in [6, 6.07) is 7.71. The smallest absolute Gasteiger partial charge is 0.270 e. The van der Waals surface area contributed by atoms with Crippen molar-refractivity contribution in [2.75, 3.05) is 26.5 Å². The maximum atomic E-state index is 13.6. The number of tetrazole rings is 1. The molecule has 1 fully saturated rings. The minimum Gasteiger partial charge on any atom is -0.494 e. The van der Waals surface area contributed by atoms with Crippen LogP contribution in [0.25, 0.3) is 11.4 Å². The van der Waals surface area contributed by atoms with Gasteiger partial charge < -0.3 is 10.1 Å². The predicted octanol–water partition coefficient (Wildman–Crippen LogP) is 1.79. The summed E-state index contributed by atoms with van der Waals surface area (Å²) in [5, 5.41) is 15.5. The summed E-state index contributed by atoms with van der Waals surface area (Å²) in [5.41, 5.74) is 2.06. The van der Waals surface area contributed by atoms with Crippen LogP contribution in [0.2, 0.25) is 0 Å². The second-order valence-electron chi connectivity index (χ2n) is 8.83. The molecule has 3 heterocycles. The molecule has 0 aliphatic carbocycles. The molecule has 1 atom stereocenters. The monoisotopic (exact) mass is 517 g/mol. The maximum Gasteiger partial charge on any atom is 0.270 e. The number of nitrogens with one attached hydrogen (secondary N) is 1. The molecule has 13 heteroatoms. The number of methoxy groups -OCH3 is 1. The number of amides is 1. The number of piperidine rings is 1. The Balaban J connectivity index is 1.44. The van der Waals surface area contributed by atoms with E-state index in [2.05, 4.69) is 25.7 Å². The first-order valence-corrected chi connectivity index (χ1v) is 13.3. The lowest BCUT2D eigenvalue weighted by Gasteiger charge is -2.30. The molecule has 1 aliphatic rings. The fourth-order valence-corrected chi connectivity index (χ4v) is 5.09. The molecule has 1 amide bonds. The Hall–Kier alpha value is -3.45. The molecular formula is C23H28FN7O4S. The van der Waals surface area contributed by atoms with Crippen LogP contribution in [0.4, 0.5) is 4.39 Å². The number of pyridine rings is 1. The van der Waals surface area contributed by atoms with Gasteiger partial charge in [0.2, 0.25) is 15.8 Å². The third-order valence-corrected chi connectivity index (χ3v) is 7.21. The van der Waals surface area contributed by atoms with Gasteiger partial charge in [-0.25, -0.2) is 22.1 Å². The third kappa shape index (κ3) is 6.21. The summed E-state index contributed by atoms with van der Waals surface area (Å²) in [4.78, 5) is 18.5. The van der Waals surface area contributed by atoms with Crippen LogP contribution in [0, 0.1) is 18.7 Å². The van der Waals surface area contributed by atoms with E-state index < -0.39 is 21.7 Å². The largest absolute Gasteiger partial charge is 0.494 e. The molecule has 1 aliphatic heterocycles. The second-order valence-corrected chi connectivity index (χ2v) is 10.8. The molecule has 1 aromatic carbocycles. The summed E-state index contributed by atoms with van der Waals surface area (Å²) in [6.45, 7) is 3.32. The molecule has 1 N–H and O–H groups in total. The average molecular weight is 518 g/mol. The van der Waals surface area contributed by atoms with Crippen LogP contribution in [0.1, 0.15) is 34.6 Å². The Morgan fingerprint density at radius 2 is 2.08 bits per heavy atom. The van der Waals surface area contributed by atoms with Crippen LogP contribution in [0.5, 0.6) is 5.75 Å². The minimum absolute atomic E-state index is 0.0844. The van der Waals surface area contributed by atoms with Crippen LogP contribution < -0.4 is 10.1 Å². The Morgan fingerprint density at radius 3 is 2.83 bits per heavy atom. The molecule has 3 aromatic rings. The van der Waals surface area contributed by atoms with Crippen molar-refractivity contribution in [2.45, 2.75) is 32.9 Å². The number of halogens is 1. The summed E-state index contributed by atoms with van der Waals surface area (Å²) in [7, 11) is -1.86. The number of ether oxygens (including phenoxy) is 1. The van der Waals surface area contributed by atoms with Gasteiger partial charge in [-0.1, -0.05) is 6.07 Å². The fraction of sp³-hybridized carbons (Fsp3) is 0.435. The Morgan fingerprint density at radius 1 is 1.28 bits per heavy atom. The lowest BCUT2D eigenvalue weighted by Crippen LogP contribution is -2.40. The molecule has 0 saturated carbocycles. The van der Waals surface area contributed by atoms with E-state index in [1.807, 2.05) is 0 Å². The quantitative estimate of drug-likeness (QED) is 0.478. The molecule has 36 heavy (non-hydrogen) atoms. The van der Waals surface area contributed by atoms with Crippen LogP contribution in [0.15, 0.2) is 30.3 Å². The number of benzene rings is 1. The van der Waals surface area contributed by atoms with Crippen molar-refractivity contribution in [3.63, 3.8) is 0 Å². The number of carbonyl (C=O) groups is 1. The zero-order valence-corrected chi connectivity index (χ0v) is 21.1. The second kappa shape index (κ2) is 10.7. The Bertz CT molecular complexity index is 1360. The molecule has 1 saturated heterocycles. The lowest BCUT2D eigenvalue weighted by molar-refractivity contribution is 0.0945. The molecule has 0 radical (unpaired) electrons. The molecule has 0 bridgehead atoms. The molecule has 192 valence electrons. The van der Waals surface area contributed by atoms with Gasteiger partial charge in [0.15, 0.2) is 11.6 Å². The molecule has 11 nitrogen and oxygen atoms in total. The number of rotatable bonds is 8. The van der Waals surface area contributed by atoms with Gasteiger partial charge in [0.25, 0.3) is 5.91 Å². The van der Waals surface area contributed by atoms with Gasteiger partial charge in [-0.3, -0.25) is 4.79 Å². The maximum absolute atomic E-state index is 13.6. The van der Waals surface area contributed by atoms with Crippen LogP contribution in [-0.2, 0) is 23.1 Å². The number of hydrogen-bond acceptors (Lipinski definition) is 8. The van der Waals surface area contributed by atoms with Gasteiger partial charge in [0, 0.05) is 30.9 Å². The van der Waals surface area contributed by atoms with Crippen molar-refractivity contribution in [3.05, 3.63) is 53.1 Å². The minimum atomic E-state index is -3.23. The van der Waals surface area contributed by atoms with Gasteiger partial charge in [-0.15, -0.1) is 10.2 Å². The van der Waals surface area contributed by atoms with Crippen LogP contribution in [0.3, 0.4) is 0 Å². The highest BCUT2D eigenvalue weighted by molar-refractivity contribution is 7.88. The van der Waals surface area contributed by atoms with E-state index in [9.17, 15) is 17.6 Å². The molecule has 4 rings (SSSR count). The SMILES string of the molecule is COc1cc(CNC(=O)c2cc(-c3nnn(C[C@H]4CCCN(S(C)(=O)=O)C4)n3)cc(C)n2)ccc1F. The number of hydrogen-bond donors (Lipinski definition) is 1. The van der Waals surface area contributed by atoms with Crippen LogP contribution >= 0.6 is 0 Å². The molecule has 0 unspecified atom stereocenters. The molecule has 0 spiro atoms. The van der Waals surface area contributed by atoms with Crippen LogP contribution in [-0.4, -0.2) is 70.3 Å². The van der Waals surface area contributed by atoms with Gasteiger partial charge >= 0.3 is 0 Å². The third-order valence-electron chi connectivity index (χ3n) is 5.94. The topological polar surface area (TPSA) is 132 Å². The predicted molar refractivity (Wildman–Crippen MR) is 129 cm³/mol. The van der Waals surface area contributed by atoms with Crippen molar-refractivity contribution in [1.29, 1.82) is 0 Å². The van der Waals surface area contributed by atoms with E-state index >= 15 is 0 Å². The van der Waals surface area contributed by atoms with Crippen molar-refractivity contribution in [1.82, 2.24) is 34.8 Å². The normalized spacial score (nSPS) is 16.6. The number of carbonyl (C=O) groups excluding carboxylic acids is 1. The average Bonchev–Trinajstić information content (AvgIpc) is 3.31. The fourth-order valence-electron chi connectivity index (χ4n) is 4.15. The molecule has 2 aromatic heterocycles. The van der Waals surface area contributed by atoms with Gasteiger partial charge in [-0.2, -0.15) is 4.80 Å². The number of aryl methyl sites for hydroxylation is 1. The number of sulfonamides is 1. The highest BCUT2D eigenvalue weighted by atomic mass is 32.2. The van der Waals surface area contributed by atoms with E-state index in [0.29, 0.717) is 42.3 Å². The number of aromatic nitrogens is 5. The van der Waals surface area contributed by atoms with E-state index in [0.717, 1.165) is 12.8 Å². The molecular weight excluding hydrogens is 489 g/mol. The number of nitrogens with zero attached hydrogens (tertiary/aromatic N) is 6. The lowest BCUT2D eigenvalue weighted by atomic mass is 10.00. The van der Waals surface area contributed by atoms with Crippen molar-refractivity contribution >= 4 is 15.9 Å². The van der Waals surface area contributed by atoms with E-state index in [1.54, 1.807) is 25.1 Å². The van der Waals surface area contributed by atoms with Gasteiger partial charge in [0.05, 0.1) is 19.9 Å². The summed E-state index contributed by atoms with van der Waals surface area (Å²) < 4.78 is 43.8. The highest BCUT2D eigenvalue weighted by Gasteiger charge is 2.26. The van der Waals surface area contributed by atoms with E-state index in [-0.39, 0.29) is 23.9 Å². The van der Waals surface area contributed by atoms with Gasteiger partial charge in [-0.05, 0) is 60.7 Å². The first-order chi connectivity index (χ1) is 17.1. The Labute approximate surface area is 208 Å². The van der Waals surface area contributed by atoms with Crippen molar-refractivity contribution < 1.29 is 22.3 Å². The zero-order chi connectivity index (χ0) is 25.9. The first-order valence-electron chi connectivity index (χ1n) is 11.4. The van der Waals surface area contributed by atoms with E-state index in [1.165, 1.54) is 34.6 Å². The van der Waals surface area contributed by atoms with Crippen molar-refractivity contribution in [3.8, 4) is 17.1 Å². The summed E-state index contributed by atoms with van der Waals surface area (Å²) in [6.07, 6.45) is 2.88. The highest BCUT2D eigenvalue weighted by Crippen LogP contribution is 2.21. The van der Waals surface area contributed by atoms with Crippen molar-refractivity contribution in [2.24, 2.45) is 5.92 Å². The Kier molecular flexibility index (Phi) is 7.59.